The quantitative estimate of drug-likeness (QED) is 0.620. The molecule has 0 amide bonds. The number of aliphatic carboxylic acids is 2. The molecule has 0 aliphatic carbocycles. The van der Waals surface area contributed by atoms with Gasteiger partial charge in [0.25, 0.3) is 0 Å². The van der Waals surface area contributed by atoms with Crippen LogP contribution in [0.2, 0.25) is 0 Å². The zero-order valence-corrected chi connectivity index (χ0v) is 6.54. The van der Waals surface area contributed by atoms with Crippen LogP contribution in [0.5, 0.6) is 0 Å². The third-order valence-electron chi connectivity index (χ3n) is 1.51. The van der Waals surface area contributed by atoms with Gasteiger partial charge in [-0.25, -0.2) is 0 Å². The Morgan fingerprint density at radius 1 is 1.38 bits per heavy atom. The number of carbonyl (C=O) groups is 2. The molecule has 0 atom stereocenters. The Morgan fingerprint density at radius 3 is 2.38 bits per heavy atom. The van der Waals surface area contributed by atoms with Gasteiger partial charge < -0.3 is 0 Å². The van der Waals surface area contributed by atoms with Crippen molar-refractivity contribution >= 4 is 18.8 Å². The summed E-state index contributed by atoms with van der Waals surface area (Å²) in [4.78, 5) is 24.7. The number of carboxylic acids is 2. The zero-order chi connectivity index (χ0) is 9.84. The van der Waals surface area contributed by atoms with E-state index in [0.717, 1.165) is 0 Å². The Bertz CT molecular complexity index is 313. The summed E-state index contributed by atoms with van der Waals surface area (Å²) in [7, 11) is 0. The minimum absolute atomic E-state index is 0.169. The maximum absolute atomic E-state index is 10.5. The van der Waals surface area contributed by atoms with Crippen molar-refractivity contribution in [2.45, 2.75) is 5.92 Å². The summed E-state index contributed by atoms with van der Waals surface area (Å²) >= 11 is 0. The Balaban J connectivity index is 3.03. The summed E-state index contributed by atoms with van der Waals surface area (Å²) in [5, 5.41) is 17.2. The first-order valence-electron chi connectivity index (χ1n) is 3.48. The molecular formula is C7H6BNO4. The summed E-state index contributed by atoms with van der Waals surface area (Å²) in [6, 6.07) is 0. The van der Waals surface area contributed by atoms with Gasteiger partial charge in [-0.1, -0.05) is 0 Å². The molecule has 0 aromatic carbocycles. The van der Waals surface area contributed by atoms with E-state index in [1.807, 2.05) is 0 Å². The van der Waals surface area contributed by atoms with E-state index in [1.54, 1.807) is 0 Å². The van der Waals surface area contributed by atoms with Crippen molar-refractivity contribution in [3.63, 3.8) is 0 Å². The molecule has 1 aromatic heterocycles. The number of carboxylic acid groups (broad SMARTS) is 2. The zero-order valence-electron chi connectivity index (χ0n) is 6.54. The first-order chi connectivity index (χ1) is 6.13. The summed E-state index contributed by atoms with van der Waals surface area (Å²) in [5.74, 6) is -2.82. The molecular weight excluding hydrogens is 173 g/mol. The van der Waals surface area contributed by atoms with Crippen molar-refractivity contribution in [1.82, 2.24) is 4.98 Å². The molecule has 13 heavy (non-hydrogen) atoms. The minimum atomic E-state index is -1.53. The number of nitrogens with zero attached hydrogens (tertiary/aromatic N) is 1. The van der Waals surface area contributed by atoms with Crippen LogP contribution < -0.4 is 0 Å². The molecule has 6 heteroatoms. The Hall–Kier alpha value is -1.72. The molecule has 0 bridgehead atoms. The van der Waals surface area contributed by atoms with Crippen LogP contribution in [0.1, 0.15) is 11.4 Å². The van der Waals surface area contributed by atoms with E-state index in [9.17, 15) is 9.59 Å². The molecule has 0 aliphatic heterocycles. The second-order valence-corrected chi connectivity index (χ2v) is 2.40. The van der Waals surface area contributed by atoms with Gasteiger partial charge in [0.05, 0.1) is 0 Å². The summed E-state index contributed by atoms with van der Waals surface area (Å²) in [6.45, 7) is 1.42. The third-order valence-corrected chi connectivity index (χ3v) is 1.51. The molecule has 0 aliphatic rings. The SMILES string of the molecule is O=C(O)C(C(=O)O)c1bccnc1. The van der Waals surface area contributed by atoms with Gasteiger partial charge >= 0.3 is 73.4 Å². The van der Waals surface area contributed by atoms with Gasteiger partial charge in [0, 0.05) is 0 Å². The van der Waals surface area contributed by atoms with E-state index in [2.05, 4.69) is 4.98 Å². The van der Waals surface area contributed by atoms with Gasteiger partial charge in [-0.05, 0) is 0 Å². The molecule has 5 nitrogen and oxygen atoms in total. The average Bonchev–Trinajstić information content (AvgIpc) is 2.04. The molecule has 0 saturated heterocycles. The van der Waals surface area contributed by atoms with Gasteiger partial charge in [0.2, 0.25) is 0 Å². The van der Waals surface area contributed by atoms with Gasteiger partial charge in [-0.15, -0.1) is 0 Å². The van der Waals surface area contributed by atoms with Gasteiger partial charge in [0.1, 0.15) is 0 Å². The summed E-state index contributed by atoms with van der Waals surface area (Å²) in [5.41, 5.74) is 0.169. The molecule has 1 heterocycles. The van der Waals surface area contributed by atoms with E-state index in [0.29, 0.717) is 0 Å². The van der Waals surface area contributed by atoms with Crippen LogP contribution >= 0.6 is 0 Å². The summed E-state index contributed by atoms with van der Waals surface area (Å²) in [6.07, 6.45) is 2.68. The molecule has 1 rings (SSSR count). The standard InChI is InChI=1S/C7H6BNO4/c10-6(11)5(7(12)13)4-3-9-2-1-8-4/h1-3,5H,(H,10,11)(H,12,13). The Labute approximate surface area is 74.3 Å². The van der Waals surface area contributed by atoms with E-state index in [-0.39, 0.29) is 5.46 Å². The molecule has 0 radical (unpaired) electrons. The number of hydrogen-bond acceptors (Lipinski definition) is 3. The van der Waals surface area contributed by atoms with Crippen LogP contribution in [-0.4, -0.2) is 34.0 Å². The fraction of sp³-hybridized carbons (Fsp3) is 0.143. The number of rotatable bonds is 3. The monoisotopic (exact) mass is 179 g/mol. The summed E-state index contributed by atoms with van der Waals surface area (Å²) < 4.78 is 0. The fourth-order valence-corrected chi connectivity index (χ4v) is 0.938. The second-order valence-electron chi connectivity index (χ2n) is 2.40. The second kappa shape index (κ2) is 3.80. The fourth-order valence-electron chi connectivity index (χ4n) is 0.938. The van der Waals surface area contributed by atoms with Crippen LogP contribution in [0.25, 0.3) is 0 Å². The van der Waals surface area contributed by atoms with Crippen molar-refractivity contribution in [2.24, 2.45) is 0 Å². The molecule has 1 aromatic rings. The van der Waals surface area contributed by atoms with Crippen LogP contribution in [0.4, 0.5) is 0 Å². The van der Waals surface area contributed by atoms with Crippen molar-refractivity contribution in [2.75, 3.05) is 0 Å². The Kier molecular flexibility index (Phi) is 2.74. The first kappa shape index (κ1) is 9.37. The first-order valence-corrected chi connectivity index (χ1v) is 3.48. The molecule has 0 spiro atoms. The molecule has 0 unspecified atom stereocenters. The molecule has 0 saturated carbocycles. The van der Waals surface area contributed by atoms with E-state index in [4.69, 9.17) is 10.2 Å². The maximum atomic E-state index is 10.5. The third kappa shape index (κ3) is 2.11. The van der Waals surface area contributed by atoms with Gasteiger partial charge in [-0.3, -0.25) is 0 Å². The predicted molar refractivity (Wildman–Crippen MR) is 43.6 cm³/mol. The van der Waals surface area contributed by atoms with Crippen LogP contribution in [0.15, 0.2) is 18.4 Å². The normalized spacial score (nSPS) is 9.62. The molecule has 0 fully saturated rings. The number of hydrogen-bond donors (Lipinski definition) is 2. The van der Waals surface area contributed by atoms with Crippen molar-refractivity contribution in [1.29, 1.82) is 0 Å². The van der Waals surface area contributed by atoms with Crippen LogP contribution in [0, 0.1) is 0 Å². The Morgan fingerprint density at radius 2 is 2.00 bits per heavy atom. The molecule has 2 N–H and O–H groups in total. The van der Waals surface area contributed by atoms with Gasteiger partial charge in [0.15, 0.2) is 0 Å². The topological polar surface area (TPSA) is 87.5 Å². The van der Waals surface area contributed by atoms with Crippen molar-refractivity contribution in [3.8, 4) is 0 Å². The van der Waals surface area contributed by atoms with Crippen LogP contribution in [0.3, 0.4) is 0 Å². The predicted octanol–water partition coefficient (Wildman–Crippen LogP) is -0.328. The number of aromatic nitrogens is 1. The van der Waals surface area contributed by atoms with E-state index >= 15 is 0 Å². The molecule has 66 valence electrons. The average molecular weight is 179 g/mol. The van der Waals surface area contributed by atoms with E-state index < -0.39 is 17.9 Å². The van der Waals surface area contributed by atoms with Crippen molar-refractivity contribution < 1.29 is 19.8 Å². The van der Waals surface area contributed by atoms with Crippen molar-refractivity contribution in [3.05, 3.63) is 23.8 Å². The van der Waals surface area contributed by atoms with Crippen LogP contribution in [-0.2, 0) is 9.59 Å². The van der Waals surface area contributed by atoms with Gasteiger partial charge in [-0.2, -0.15) is 0 Å². The van der Waals surface area contributed by atoms with E-state index in [1.165, 1.54) is 25.3 Å².